The third-order valence-corrected chi connectivity index (χ3v) is 5.23. The molecule has 0 saturated carbocycles. The third kappa shape index (κ3) is 3.43. The lowest BCUT2D eigenvalue weighted by atomic mass is 9.96. The highest BCUT2D eigenvalue weighted by molar-refractivity contribution is 7.12. The number of furan rings is 1. The van der Waals surface area contributed by atoms with Gasteiger partial charge < -0.3 is 9.15 Å². The number of amides is 2. The van der Waals surface area contributed by atoms with E-state index >= 15 is 0 Å². The Labute approximate surface area is 154 Å². The minimum absolute atomic E-state index is 0.184. The van der Waals surface area contributed by atoms with Crippen LogP contribution in [0, 0.1) is 0 Å². The summed E-state index contributed by atoms with van der Waals surface area (Å²) in [7, 11) is 0. The summed E-state index contributed by atoms with van der Waals surface area (Å²) in [6.45, 7) is -0.184. The molecule has 2 heterocycles. The zero-order chi connectivity index (χ0) is 17.9. The number of carbonyl (C=O) groups excluding carboxylic acids is 2. The molecule has 0 fully saturated rings. The van der Waals surface area contributed by atoms with E-state index in [2.05, 4.69) is 10.9 Å². The monoisotopic (exact) mass is 370 g/mol. The molecule has 1 aliphatic rings. The van der Waals surface area contributed by atoms with Gasteiger partial charge >= 0.3 is 0 Å². The number of nitrogens with one attached hydrogen (secondary N) is 2. The molecule has 1 aromatic carbocycles. The Bertz CT molecular complexity index is 946. The second-order valence-corrected chi connectivity index (χ2v) is 7.08. The lowest BCUT2D eigenvalue weighted by molar-refractivity contribution is -0.123. The van der Waals surface area contributed by atoms with Gasteiger partial charge in [0.15, 0.2) is 6.61 Å². The summed E-state index contributed by atoms with van der Waals surface area (Å²) in [5, 5.41) is 2.86. The molecule has 134 valence electrons. The smallest absolute Gasteiger partial charge is 0.279 e. The molecule has 26 heavy (non-hydrogen) atoms. The van der Waals surface area contributed by atoms with Crippen molar-refractivity contribution in [3.63, 3.8) is 0 Å². The van der Waals surface area contributed by atoms with E-state index in [4.69, 9.17) is 9.15 Å². The molecule has 0 bridgehead atoms. The van der Waals surface area contributed by atoms with Gasteiger partial charge in [0, 0.05) is 17.4 Å². The van der Waals surface area contributed by atoms with Crippen molar-refractivity contribution in [3.05, 3.63) is 51.9 Å². The van der Waals surface area contributed by atoms with Gasteiger partial charge in [-0.1, -0.05) is 6.07 Å². The molecular formula is C19H18N2O4S. The van der Waals surface area contributed by atoms with E-state index in [1.54, 1.807) is 23.6 Å². The number of aryl methyl sites for hydroxylation is 2. The Morgan fingerprint density at radius 2 is 2.04 bits per heavy atom. The summed E-state index contributed by atoms with van der Waals surface area (Å²) in [5.74, 6) is 0.896. The lowest BCUT2D eigenvalue weighted by Gasteiger charge is -2.09. The zero-order valence-corrected chi connectivity index (χ0v) is 14.9. The zero-order valence-electron chi connectivity index (χ0n) is 14.0. The molecule has 0 unspecified atom stereocenters. The van der Waals surface area contributed by atoms with Gasteiger partial charge in [-0.15, -0.1) is 11.3 Å². The molecule has 0 radical (unpaired) electrons. The Balaban J connectivity index is 1.35. The van der Waals surface area contributed by atoms with Crippen LogP contribution in [0.5, 0.6) is 5.75 Å². The SMILES string of the molecule is O=C(COc1ccc2oc3c(c2c1)CCCC3)NNC(=O)c1cccs1. The normalized spacial score (nSPS) is 13.2. The number of hydrogen-bond donors (Lipinski definition) is 2. The van der Waals surface area contributed by atoms with Crippen LogP contribution in [0.15, 0.2) is 40.1 Å². The molecule has 2 aromatic heterocycles. The maximum Gasteiger partial charge on any atom is 0.279 e. The van der Waals surface area contributed by atoms with Crippen molar-refractivity contribution in [3.8, 4) is 5.75 Å². The van der Waals surface area contributed by atoms with Gasteiger partial charge in [-0.25, -0.2) is 0 Å². The molecule has 0 saturated heterocycles. The Morgan fingerprint density at radius 3 is 2.88 bits per heavy atom. The first kappa shape index (κ1) is 16.7. The molecular weight excluding hydrogens is 352 g/mol. The summed E-state index contributed by atoms with van der Waals surface area (Å²) in [6, 6.07) is 9.04. The fourth-order valence-corrected chi connectivity index (χ4v) is 3.73. The van der Waals surface area contributed by atoms with E-state index in [-0.39, 0.29) is 12.5 Å². The van der Waals surface area contributed by atoms with Crippen molar-refractivity contribution in [2.75, 3.05) is 6.61 Å². The predicted molar refractivity (Wildman–Crippen MR) is 98.3 cm³/mol. The number of rotatable bonds is 4. The van der Waals surface area contributed by atoms with Gasteiger partial charge in [-0.05, 0) is 48.9 Å². The Hall–Kier alpha value is -2.80. The highest BCUT2D eigenvalue weighted by Gasteiger charge is 2.18. The maximum atomic E-state index is 11.9. The average Bonchev–Trinajstić information content (AvgIpc) is 3.32. The van der Waals surface area contributed by atoms with Crippen molar-refractivity contribution in [2.45, 2.75) is 25.7 Å². The maximum absolute atomic E-state index is 11.9. The summed E-state index contributed by atoms with van der Waals surface area (Å²) in [5.41, 5.74) is 6.82. The molecule has 4 rings (SSSR count). The van der Waals surface area contributed by atoms with Crippen LogP contribution in [0.2, 0.25) is 0 Å². The van der Waals surface area contributed by atoms with E-state index < -0.39 is 5.91 Å². The van der Waals surface area contributed by atoms with Crippen molar-refractivity contribution >= 4 is 34.1 Å². The van der Waals surface area contributed by atoms with Crippen LogP contribution in [0.25, 0.3) is 11.0 Å². The number of fused-ring (bicyclic) bond motifs is 3. The number of hydrogen-bond acceptors (Lipinski definition) is 5. The molecule has 3 aromatic rings. The largest absolute Gasteiger partial charge is 0.484 e. The molecule has 2 N–H and O–H groups in total. The summed E-state index contributed by atoms with van der Waals surface area (Å²) >= 11 is 1.30. The number of hydrazine groups is 1. The highest BCUT2D eigenvalue weighted by atomic mass is 32.1. The summed E-state index contributed by atoms with van der Waals surface area (Å²) in [6.07, 6.45) is 4.32. The second kappa shape index (κ2) is 7.21. The first-order valence-corrected chi connectivity index (χ1v) is 9.38. The number of thiophene rings is 1. The van der Waals surface area contributed by atoms with Gasteiger partial charge in [0.2, 0.25) is 0 Å². The molecule has 0 aliphatic heterocycles. The molecule has 1 aliphatic carbocycles. The number of benzene rings is 1. The molecule has 0 atom stereocenters. The number of ether oxygens (including phenoxy) is 1. The lowest BCUT2D eigenvalue weighted by Crippen LogP contribution is -2.43. The quantitative estimate of drug-likeness (QED) is 0.691. The van der Waals surface area contributed by atoms with E-state index in [0.29, 0.717) is 10.6 Å². The summed E-state index contributed by atoms with van der Waals surface area (Å²) < 4.78 is 11.4. The Morgan fingerprint density at radius 1 is 1.15 bits per heavy atom. The van der Waals surface area contributed by atoms with E-state index in [1.165, 1.54) is 23.3 Å². The van der Waals surface area contributed by atoms with Crippen molar-refractivity contribution in [1.29, 1.82) is 0 Å². The van der Waals surface area contributed by atoms with Crippen LogP contribution >= 0.6 is 11.3 Å². The van der Waals surface area contributed by atoms with Gasteiger partial charge in [0.05, 0.1) is 4.88 Å². The third-order valence-electron chi connectivity index (χ3n) is 4.36. The average molecular weight is 370 g/mol. The van der Waals surface area contributed by atoms with Crippen LogP contribution in [-0.2, 0) is 17.6 Å². The van der Waals surface area contributed by atoms with E-state index in [0.717, 1.165) is 36.0 Å². The molecule has 7 heteroatoms. The number of carbonyl (C=O) groups is 2. The summed E-state index contributed by atoms with van der Waals surface area (Å²) in [4.78, 5) is 24.2. The Kier molecular flexibility index (Phi) is 4.62. The fraction of sp³-hybridized carbons (Fsp3) is 0.263. The minimum atomic E-state index is -0.427. The van der Waals surface area contributed by atoms with Gasteiger partial charge in [-0.2, -0.15) is 0 Å². The van der Waals surface area contributed by atoms with Crippen LogP contribution in [0.3, 0.4) is 0 Å². The van der Waals surface area contributed by atoms with Crippen LogP contribution in [0.1, 0.15) is 33.8 Å². The molecule has 0 spiro atoms. The molecule has 6 nitrogen and oxygen atoms in total. The highest BCUT2D eigenvalue weighted by Crippen LogP contribution is 2.33. The van der Waals surface area contributed by atoms with Crippen LogP contribution in [-0.4, -0.2) is 18.4 Å². The van der Waals surface area contributed by atoms with Crippen LogP contribution < -0.4 is 15.6 Å². The van der Waals surface area contributed by atoms with Gasteiger partial charge in [-0.3, -0.25) is 20.4 Å². The first-order chi connectivity index (χ1) is 12.7. The van der Waals surface area contributed by atoms with Crippen molar-refractivity contribution in [2.24, 2.45) is 0 Å². The van der Waals surface area contributed by atoms with E-state index in [9.17, 15) is 9.59 Å². The van der Waals surface area contributed by atoms with Crippen LogP contribution in [0.4, 0.5) is 0 Å². The van der Waals surface area contributed by atoms with Gasteiger partial charge in [0.1, 0.15) is 17.1 Å². The van der Waals surface area contributed by atoms with Crippen molar-refractivity contribution < 1.29 is 18.7 Å². The predicted octanol–water partition coefficient (Wildman–Crippen LogP) is 3.21. The first-order valence-electron chi connectivity index (χ1n) is 8.50. The fourth-order valence-electron chi connectivity index (χ4n) is 3.11. The van der Waals surface area contributed by atoms with Crippen molar-refractivity contribution in [1.82, 2.24) is 10.9 Å². The van der Waals surface area contributed by atoms with Gasteiger partial charge in [0.25, 0.3) is 11.8 Å². The topological polar surface area (TPSA) is 80.6 Å². The standard InChI is InChI=1S/C19H18N2O4S/c22-18(20-21-19(23)17-6-3-9-26-17)11-24-12-7-8-16-14(10-12)13-4-1-2-5-15(13)25-16/h3,6-10H,1-2,4-5,11H2,(H,20,22)(H,21,23). The van der Waals surface area contributed by atoms with E-state index in [1.807, 2.05) is 12.1 Å². The molecule has 2 amide bonds. The minimum Gasteiger partial charge on any atom is -0.484 e. The second-order valence-electron chi connectivity index (χ2n) is 6.14.